The van der Waals surface area contributed by atoms with E-state index in [0.717, 1.165) is 24.8 Å². The molecule has 0 spiro atoms. The van der Waals surface area contributed by atoms with E-state index in [-0.39, 0.29) is 17.7 Å². The van der Waals surface area contributed by atoms with E-state index in [0.29, 0.717) is 6.54 Å². The summed E-state index contributed by atoms with van der Waals surface area (Å²) in [6.07, 6.45) is 2.95. The first-order valence-corrected chi connectivity index (χ1v) is 7.41. The molecule has 1 aliphatic carbocycles. The third kappa shape index (κ3) is 3.43. The van der Waals surface area contributed by atoms with Gasteiger partial charge < -0.3 is 10.4 Å². The second-order valence-corrected chi connectivity index (χ2v) is 6.60. The Morgan fingerprint density at radius 3 is 2.33 bits per heavy atom. The Balaban J connectivity index is 1.99. The van der Waals surface area contributed by atoms with E-state index in [1.807, 2.05) is 44.2 Å². The molecule has 0 bridgehead atoms. The third-order valence-electron chi connectivity index (χ3n) is 4.63. The molecule has 1 aliphatic rings. The van der Waals surface area contributed by atoms with Crippen molar-refractivity contribution in [3.05, 3.63) is 35.9 Å². The minimum atomic E-state index is -0.786. The molecule has 0 heterocycles. The predicted molar refractivity (Wildman–Crippen MR) is 81.0 cm³/mol. The summed E-state index contributed by atoms with van der Waals surface area (Å²) >= 11 is 0. The summed E-state index contributed by atoms with van der Waals surface area (Å²) in [4.78, 5) is 23.4. The number of benzene rings is 1. The maximum atomic E-state index is 12.5. The van der Waals surface area contributed by atoms with Gasteiger partial charge in [0.2, 0.25) is 5.91 Å². The monoisotopic (exact) mass is 289 g/mol. The van der Waals surface area contributed by atoms with Crippen LogP contribution in [-0.4, -0.2) is 23.5 Å². The average molecular weight is 289 g/mol. The van der Waals surface area contributed by atoms with Crippen molar-refractivity contribution in [3.63, 3.8) is 0 Å². The molecule has 2 N–H and O–H groups in total. The zero-order valence-corrected chi connectivity index (χ0v) is 12.7. The summed E-state index contributed by atoms with van der Waals surface area (Å²) in [6, 6.07) is 9.64. The standard InChI is InChI=1S/C17H23NO3/c1-16(2,13-7-4-3-5-8-13)15(21)18-12-17(9-6-10-17)11-14(19)20/h3-5,7-8H,6,9-12H2,1-2H3,(H,18,21)(H,19,20). The second-order valence-electron chi connectivity index (χ2n) is 6.60. The lowest BCUT2D eigenvalue weighted by atomic mass is 9.66. The number of carbonyl (C=O) groups excluding carboxylic acids is 1. The van der Waals surface area contributed by atoms with Gasteiger partial charge in [-0.05, 0) is 37.7 Å². The lowest BCUT2D eigenvalue weighted by Crippen LogP contribution is -2.48. The maximum Gasteiger partial charge on any atom is 0.303 e. The van der Waals surface area contributed by atoms with Crippen molar-refractivity contribution in [3.8, 4) is 0 Å². The lowest BCUT2D eigenvalue weighted by molar-refractivity contribution is -0.142. The molecule has 1 aromatic rings. The summed E-state index contributed by atoms with van der Waals surface area (Å²) in [5.74, 6) is -0.836. The van der Waals surface area contributed by atoms with E-state index in [4.69, 9.17) is 5.11 Å². The summed E-state index contributed by atoms with van der Waals surface area (Å²) in [5, 5.41) is 12.0. The van der Waals surface area contributed by atoms with Gasteiger partial charge in [-0.3, -0.25) is 9.59 Å². The molecule has 2 rings (SSSR count). The van der Waals surface area contributed by atoms with Crippen LogP contribution in [0.5, 0.6) is 0 Å². The molecule has 0 saturated heterocycles. The van der Waals surface area contributed by atoms with Gasteiger partial charge in [0.05, 0.1) is 11.8 Å². The maximum absolute atomic E-state index is 12.5. The van der Waals surface area contributed by atoms with Crippen LogP contribution in [0, 0.1) is 5.41 Å². The quantitative estimate of drug-likeness (QED) is 0.846. The van der Waals surface area contributed by atoms with Gasteiger partial charge in [-0.15, -0.1) is 0 Å². The molecule has 0 unspecified atom stereocenters. The van der Waals surface area contributed by atoms with Crippen LogP contribution in [0.1, 0.15) is 45.1 Å². The van der Waals surface area contributed by atoms with Crippen LogP contribution >= 0.6 is 0 Å². The van der Waals surface area contributed by atoms with E-state index < -0.39 is 11.4 Å². The number of carboxylic acids is 1. The Bertz CT molecular complexity index is 518. The van der Waals surface area contributed by atoms with E-state index in [9.17, 15) is 9.59 Å². The van der Waals surface area contributed by atoms with E-state index in [1.165, 1.54) is 0 Å². The molecule has 1 saturated carbocycles. The molecule has 4 nitrogen and oxygen atoms in total. The summed E-state index contributed by atoms with van der Waals surface area (Å²) in [6.45, 7) is 4.24. The Hall–Kier alpha value is -1.84. The van der Waals surface area contributed by atoms with Crippen LogP contribution in [0.15, 0.2) is 30.3 Å². The van der Waals surface area contributed by atoms with Gasteiger partial charge in [-0.25, -0.2) is 0 Å². The highest BCUT2D eigenvalue weighted by Gasteiger charge is 2.40. The van der Waals surface area contributed by atoms with Crippen molar-refractivity contribution < 1.29 is 14.7 Å². The van der Waals surface area contributed by atoms with Crippen molar-refractivity contribution in [1.29, 1.82) is 0 Å². The number of carbonyl (C=O) groups is 2. The molecular formula is C17H23NO3. The van der Waals surface area contributed by atoms with E-state index in [2.05, 4.69) is 5.32 Å². The van der Waals surface area contributed by atoms with Crippen molar-refractivity contribution in [2.75, 3.05) is 6.54 Å². The van der Waals surface area contributed by atoms with Gasteiger partial charge in [-0.2, -0.15) is 0 Å². The summed E-state index contributed by atoms with van der Waals surface area (Å²) in [5.41, 5.74) is 0.104. The summed E-state index contributed by atoms with van der Waals surface area (Å²) in [7, 11) is 0. The fourth-order valence-corrected chi connectivity index (χ4v) is 2.89. The van der Waals surface area contributed by atoms with Crippen LogP contribution in [0.2, 0.25) is 0 Å². The van der Waals surface area contributed by atoms with Gasteiger partial charge in [0.25, 0.3) is 0 Å². The molecule has 4 heteroatoms. The average Bonchev–Trinajstić information content (AvgIpc) is 2.41. The second kappa shape index (κ2) is 5.88. The smallest absolute Gasteiger partial charge is 0.303 e. The summed E-state index contributed by atoms with van der Waals surface area (Å²) < 4.78 is 0. The van der Waals surface area contributed by atoms with Crippen LogP contribution in [0.3, 0.4) is 0 Å². The number of aliphatic carboxylic acids is 1. The topological polar surface area (TPSA) is 66.4 Å². The largest absolute Gasteiger partial charge is 0.481 e. The third-order valence-corrected chi connectivity index (χ3v) is 4.63. The Labute approximate surface area is 125 Å². The first-order chi connectivity index (χ1) is 9.86. The molecule has 114 valence electrons. The van der Waals surface area contributed by atoms with Crippen LogP contribution in [-0.2, 0) is 15.0 Å². The fourth-order valence-electron chi connectivity index (χ4n) is 2.89. The molecular weight excluding hydrogens is 266 g/mol. The van der Waals surface area contributed by atoms with Crippen molar-refractivity contribution >= 4 is 11.9 Å². The fraction of sp³-hybridized carbons (Fsp3) is 0.529. The molecule has 0 aliphatic heterocycles. The molecule has 21 heavy (non-hydrogen) atoms. The first-order valence-electron chi connectivity index (χ1n) is 7.41. The highest BCUT2D eigenvalue weighted by Crippen LogP contribution is 2.43. The van der Waals surface area contributed by atoms with Crippen molar-refractivity contribution in [2.24, 2.45) is 5.41 Å². The van der Waals surface area contributed by atoms with Crippen molar-refractivity contribution in [2.45, 2.75) is 44.9 Å². The van der Waals surface area contributed by atoms with Gasteiger partial charge in [0, 0.05) is 6.54 Å². The van der Waals surface area contributed by atoms with Gasteiger partial charge >= 0.3 is 5.97 Å². The number of amides is 1. The zero-order chi connectivity index (χ0) is 15.5. The number of hydrogen-bond acceptors (Lipinski definition) is 2. The van der Waals surface area contributed by atoms with Crippen LogP contribution in [0.4, 0.5) is 0 Å². The Morgan fingerprint density at radius 2 is 1.86 bits per heavy atom. The Kier molecular flexibility index (Phi) is 4.35. The molecule has 1 aromatic carbocycles. The number of hydrogen-bond donors (Lipinski definition) is 2. The number of rotatable bonds is 6. The Morgan fingerprint density at radius 1 is 1.24 bits per heavy atom. The van der Waals surface area contributed by atoms with Crippen LogP contribution < -0.4 is 5.32 Å². The van der Waals surface area contributed by atoms with Crippen molar-refractivity contribution in [1.82, 2.24) is 5.32 Å². The molecule has 0 aromatic heterocycles. The highest BCUT2D eigenvalue weighted by molar-refractivity contribution is 5.87. The minimum absolute atomic E-state index is 0.0506. The predicted octanol–water partition coefficient (Wildman–Crippen LogP) is 2.73. The first kappa shape index (κ1) is 15.5. The highest BCUT2D eigenvalue weighted by atomic mass is 16.4. The normalized spacial score (nSPS) is 16.9. The van der Waals surface area contributed by atoms with Gasteiger partial charge in [-0.1, -0.05) is 36.8 Å². The van der Waals surface area contributed by atoms with Gasteiger partial charge in [0.1, 0.15) is 0 Å². The number of nitrogens with one attached hydrogen (secondary N) is 1. The van der Waals surface area contributed by atoms with E-state index >= 15 is 0 Å². The SMILES string of the molecule is CC(C)(C(=O)NCC1(CC(=O)O)CCC1)c1ccccc1. The van der Waals surface area contributed by atoms with Gasteiger partial charge in [0.15, 0.2) is 0 Å². The zero-order valence-electron chi connectivity index (χ0n) is 12.7. The van der Waals surface area contributed by atoms with Crippen LogP contribution in [0.25, 0.3) is 0 Å². The molecule has 0 atom stereocenters. The molecule has 1 amide bonds. The van der Waals surface area contributed by atoms with E-state index in [1.54, 1.807) is 0 Å². The molecule has 1 fully saturated rings. The minimum Gasteiger partial charge on any atom is -0.481 e. The molecule has 0 radical (unpaired) electrons. The lowest BCUT2D eigenvalue weighted by Gasteiger charge is -2.41. The number of carboxylic acid groups (broad SMARTS) is 1.